The summed E-state index contributed by atoms with van der Waals surface area (Å²) >= 11 is 0. The highest BCUT2D eigenvalue weighted by Crippen LogP contribution is 2.30. The van der Waals surface area contributed by atoms with Gasteiger partial charge >= 0.3 is 12.5 Å². The van der Waals surface area contributed by atoms with Gasteiger partial charge in [-0.15, -0.1) is 13.2 Å². The fourth-order valence-electron chi connectivity index (χ4n) is 1.16. The van der Waals surface area contributed by atoms with Crippen LogP contribution in [-0.2, 0) is 12.8 Å². The molecule has 0 spiro atoms. The van der Waals surface area contributed by atoms with Crippen molar-refractivity contribution in [1.29, 1.82) is 0 Å². The number of aliphatic hydroxyl groups excluding tert-OH is 1. The molecule has 0 aromatic carbocycles. The number of alkyl halides is 6. The van der Waals surface area contributed by atoms with E-state index in [1.54, 1.807) is 0 Å². The van der Waals surface area contributed by atoms with Crippen LogP contribution in [0.15, 0.2) is 11.0 Å². The molecule has 0 radical (unpaired) electrons. The minimum atomic E-state index is -5.22. The predicted molar refractivity (Wildman–Crippen MR) is 44.7 cm³/mol. The van der Waals surface area contributed by atoms with E-state index in [2.05, 4.69) is 4.74 Å². The number of aromatic amines is 1. The first-order chi connectivity index (χ1) is 8.06. The van der Waals surface area contributed by atoms with Gasteiger partial charge in [-0.05, 0) is 0 Å². The molecule has 1 aromatic heterocycles. The summed E-state index contributed by atoms with van der Waals surface area (Å²) in [6.45, 7) is -1.38. The van der Waals surface area contributed by atoms with Crippen LogP contribution in [0.4, 0.5) is 26.3 Å². The second-order valence-corrected chi connectivity index (χ2v) is 3.04. The van der Waals surface area contributed by atoms with Gasteiger partial charge in [0, 0.05) is 6.20 Å². The number of hydrogen-bond donors (Lipinski definition) is 2. The normalized spacial score (nSPS) is 12.6. The van der Waals surface area contributed by atoms with E-state index in [9.17, 15) is 31.1 Å². The Morgan fingerprint density at radius 2 is 1.78 bits per heavy atom. The van der Waals surface area contributed by atoms with Crippen LogP contribution in [0.1, 0.15) is 11.3 Å². The number of hydrogen-bond acceptors (Lipinski definition) is 3. The molecule has 0 unspecified atom stereocenters. The second kappa shape index (κ2) is 4.52. The number of H-pyrrole nitrogens is 1. The van der Waals surface area contributed by atoms with Gasteiger partial charge < -0.3 is 14.8 Å². The van der Waals surface area contributed by atoms with Crippen LogP contribution >= 0.6 is 0 Å². The Bertz CT molecular complexity index is 489. The van der Waals surface area contributed by atoms with Gasteiger partial charge in [-0.2, -0.15) is 13.2 Å². The lowest BCUT2D eigenvalue weighted by Crippen LogP contribution is -2.26. The summed E-state index contributed by atoms with van der Waals surface area (Å²) in [4.78, 5) is 12.7. The third-order valence-electron chi connectivity index (χ3n) is 1.81. The zero-order chi connectivity index (χ0) is 14.1. The minimum Gasteiger partial charge on any atom is -0.400 e. The summed E-state index contributed by atoms with van der Waals surface area (Å²) in [5, 5.41) is 8.63. The van der Waals surface area contributed by atoms with E-state index in [1.807, 2.05) is 0 Å². The molecule has 10 heteroatoms. The van der Waals surface area contributed by atoms with Gasteiger partial charge in [-0.1, -0.05) is 0 Å². The highest BCUT2D eigenvalue weighted by atomic mass is 19.4. The van der Waals surface area contributed by atoms with Crippen molar-refractivity contribution in [3.8, 4) is 5.75 Å². The van der Waals surface area contributed by atoms with Gasteiger partial charge in [-0.25, -0.2) is 0 Å². The maximum atomic E-state index is 12.3. The molecule has 0 bridgehead atoms. The summed E-state index contributed by atoms with van der Waals surface area (Å²) in [6.07, 6.45) is -10.1. The standard InChI is InChI=1S/C8H5F6NO3/c9-7(10,11)6-3(2-16)5(17)4(1-15-6)18-8(12,13)14/h1,16H,2H2,(H,15,17). The predicted octanol–water partition coefficient (Wildman–Crippen LogP) is 1.78. The van der Waals surface area contributed by atoms with Crippen LogP contribution in [0.25, 0.3) is 0 Å². The first-order valence-corrected chi connectivity index (χ1v) is 4.24. The van der Waals surface area contributed by atoms with Gasteiger partial charge in [0.15, 0.2) is 5.75 Å². The van der Waals surface area contributed by atoms with Crippen molar-refractivity contribution < 1.29 is 36.2 Å². The topological polar surface area (TPSA) is 62.3 Å². The van der Waals surface area contributed by atoms with Crippen LogP contribution in [0.3, 0.4) is 0 Å². The molecule has 1 aromatic rings. The van der Waals surface area contributed by atoms with Crippen molar-refractivity contribution in [3.05, 3.63) is 27.7 Å². The average Bonchev–Trinajstić information content (AvgIpc) is 2.17. The monoisotopic (exact) mass is 277 g/mol. The molecular formula is C8H5F6NO3. The van der Waals surface area contributed by atoms with Crippen molar-refractivity contribution >= 4 is 0 Å². The number of pyridine rings is 1. The van der Waals surface area contributed by atoms with Crippen LogP contribution < -0.4 is 10.2 Å². The lowest BCUT2D eigenvalue weighted by Gasteiger charge is -2.13. The summed E-state index contributed by atoms with van der Waals surface area (Å²) in [5.74, 6) is -1.38. The van der Waals surface area contributed by atoms with Crippen molar-refractivity contribution in [2.75, 3.05) is 0 Å². The Morgan fingerprint density at radius 3 is 2.17 bits per heavy atom. The summed E-state index contributed by atoms with van der Waals surface area (Å²) in [5.41, 5.74) is -4.55. The third-order valence-corrected chi connectivity index (χ3v) is 1.81. The molecule has 0 aliphatic heterocycles. The first-order valence-electron chi connectivity index (χ1n) is 4.24. The molecule has 2 N–H and O–H groups in total. The van der Waals surface area contributed by atoms with Crippen molar-refractivity contribution in [2.45, 2.75) is 19.1 Å². The average molecular weight is 277 g/mol. The molecule has 0 amide bonds. The SMILES string of the molecule is O=c1c(OC(F)(F)F)c[nH]c(C(F)(F)F)c1CO. The zero-order valence-corrected chi connectivity index (χ0v) is 8.32. The maximum absolute atomic E-state index is 12.3. The van der Waals surface area contributed by atoms with Gasteiger partial charge in [-0.3, -0.25) is 4.79 Å². The molecule has 18 heavy (non-hydrogen) atoms. The lowest BCUT2D eigenvalue weighted by molar-refractivity contribution is -0.275. The van der Waals surface area contributed by atoms with E-state index in [4.69, 9.17) is 5.11 Å². The molecule has 102 valence electrons. The van der Waals surface area contributed by atoms with Crippen molar-refractivity contribution in [3.63, 3.8) is 0 Å². The Hall–Kier alpha value is -1.71. The van der Waals surface area contributed by atoms with E-state index in [1.165, 1.54) is 4.98 Å². The van der Waals surface area contributed by atoms with Crippen LogP contribution in [0, 0.1) is 0 Å². The molecule has 0 fully saturated rings. The fraction of sp³-hybridized carbons (Fsp3) is 0.375. The zero-order valence-electron chi connectivity index (χ0n) is 8.32. The minimum absolute atomic E-state index is 0.137. The Kier molecular flexibility index (Phi) is 3.60. The molecule has 0 aliphatic carbocycles. The number of halogens is 6. The summed E-state index contributed by atoms with van der Waals surface area (Å²) in [6, 6.07) is 0. The maximum Gasteiger partial charge on any atom is 0.573 e. The fourth-order valence-corrected chi connectivity index (χ4v) is 1.16. The van der Waals surface area contributed by atoms with Gasteiger partial charge in [0.05, 0.1) is 12.2 Å². The van der Waals surface area contributed by atoms with E-state index in [-0.39, 0.29) is 6.20 Å². The molecule has 4 nitrogen and oxygen atoms in total. The Labute approximate surface area is 94.8 Å². The van der Waals surface area contributed by atoms with E-state index in [0.717, 1.165) is 0 Å². The highest BCUT2D eigenvalue weighted by Gasteiger charge is 2.38. The quantitative estimate of drug-likeness (QED) is 0.810. The van der Waals surface area contributed by atoms with Crippen molar-refractivity contribution in [1.82, 2.24) is 4.98 Å². The van der Waals surface area contributed by atoms with E-state index < -0.39 is 41.6 Å². The third kappa shape index (κ3) is 3.15. The second-order valence-electron chi connectivity index (χ2n) is 3.04. The smallest absolute Gasteiger partial charge is 0.400 e. The number of aliphatic hydroxyl groups is 1. The van der Waals surface area contributed by atoms with Crippen LogP contribution in [-0.4, -0.2) is 16.5 Å². The molecular weight excluding hydrogens is 272 g/mol. The van der Waals surface area contributed by atoms with Crippen molar-refractivity contribution in [2.24, 2.45) is 0 Å². The van der Waals surface area contributed by atoms with Gasteiger partial charge in [0.2, 0.25) is 5.43 Å². The number of aromatic nitrogens is 1. The number of rotatable bonds is 2. The number of ether oxygens (including phenoxy) is 1. The Morgan fingerprint density at radius 1 is 1.22 bits per heavy atom. The molecule has 1 heterocycles. The summed E-state index contributed by atoms with van der Waals surface area (Å²) < 4.78 is 75.7. The van der Waals surface area contributed by atoms with E-state index >= 15 is 0 Å². The molecule has 0 aliphatic rings. The highest BCUT2D eigenvalue weighted by molar-refractivity contribution is 5.30. The Balaban J connectivity index is 3.35. The number of nitrogens with one attached hydrogen (secondary N) is 1. The van der Waals surface area contributed by atoms with Crippen LogP contribution in [0.2, 0.25) is 0 Å². The van der Waals surface area contributed by atoms with Gasteiger partial charge in [0.1, 0.15) is 5.69 Å². The lowest BCUT2D eigenvalue weighted by atomic mass is 10.2. The van der Waals surface area contributed by atoms with Crippen LogP contribution in [0.5, 0.6) is 5.75 Å². The molecule has 1 rings (SSSR count). The first kappa shape index (κ1) is 14.4. The molecule has 0 atom stereocenters. The van der Waals surface area contributed by atoms with Gasteiger partial charge in [0.25, 0.3) is 0 Å². The molecule has 0 saturated heterocycles. The molecule has 0 saturated carbocycles. The van der Waals surface area contributed by atoms with E-state index in [0.29, 0.717) is 0 Å². The largest absolute Gasteiger partial charge is 0.573 e. The summed E-state index contributed by atoms with van der Waals surface area (Å²) in [7, 11) is 0.